The van der Waals surface area contributed by atoms with Gasteiger partial charge in [-0.25, -0.2) is 4.79 Å². The van der Waals surface area contributed by atoms with Gasteiger partial charge in [-0.15, -0.1) is 0 Å². The summed E-state index contributed by atoms with van der Waals surface area (Å²) in [6.45, 7) is 4.88. The molecular weight excluding hydrogens is 226 g/mol. The number of primary amides is 1. The van der Waals surface area contributed by atoms with Crippen molar-refractivity contribution in [1.82, 2.24) is 9.88 Å². The Morgan fingerprint density at radius 3 is 3.06 bits per heavy atom. The number of hydrogen-bond acceptors (Lipinski definition) is 2. The van der Waals surface area contributed by atoms with E-state index in [1.807, 2.05) is 6.07 Å². The van der Waals surface area contributed by atoms with Crippen LogP contribution in [0.25, 0.3) is 0 Å². The quantitative estimate of drug-likeness (QED) is 0.892. The number of carbonyl (C=O) groups is 1. The number of urea groups is 1. The fraction of sp³-hybridized carbons (Fsp3) is 0.571. The summed E-state index contributed by atoms with van der Waals surface area (Å²) in [6, 6.07) is 3.77. The molecule has 0 spiro atoms. The van der Waals surface area contributed by atoms with Crippen LogP contribution in [0, 0.1) is 5.92 Å². The highest BCUT2D eigenvalue weighted by Gasteiger charge is 2.29. The average molecular weight is 247 g/mol. The zero-order valence-electron chi connectivity index (χ0n) is 11.1. The van der Waals surface area contributed by atoms with Crippen molar-refractivity contribution in [2.75, 3.05) is 6.54 Å². The second-order valence-electron chi connectivity index (χ2n) is 5.34. The van der Waals surface area contributed by atoms with Crippen molar-refractivity contribution in [1.29, 1.82) is 0 Å². The smallest absolute Gasteiger partial charge is 0.315 e. The standard InChI is InChI=1S/C14H21N3O/c1-10(2)9-17(14(15)18)12-7-3-5-11-6-4-8-16-13(11)12/h4,6,8,10,12H,3,5,7,9H2,1-2H3,(H2,15,18)/t12-/m1/s1. The summed E-state index contributed by atoms with van der Waals surface area (Å²) >= 11 is 0. The first-order chi connectivity index (χ1) is 8.59. The lowest BCUT2D eigenvalue weighted by atomic mass is 9.90. The highest BCUT2D eigenvalue weighted by molar-refractivity contribution is 5.72. The van der Waals surface area contributed by atoms with Crippen LogP contribution >= 0.6 is 0 Å². The molecule has 0 saturated carbocycles. The summed E-state index contributed by atoms with van der Waals surface area (Å²) in [6.07, 6.45) is 4.89. The molecule has 1 aliphatic carbocycles. The fourth-order valence-corrected chi connectivity index (χ4v) is 2.65. The van der Waals surface area contributed by atoms with E-state index in [-0.39, 0.29) is 12.1 Å². The molecule has 0 saturated heterocycles. The van der Waals surface area contributed by atoms with E-state index < -0.39 is 0 Å². The van der Waals surface area contributed by atoms with E-state index in [4.69, 9.17) is 5.73 Å². The minimum absolute atomic E-state index is 0.0508. The van der Waals surface area contributed by atoms with E-state index in [0.29, 0.717) is 12.5 Å². The lowest BCUT2D eigenvalue weighted by Gasteiger charge is -2.34. The topological polar surface area (TPSA) is 59.2 Å². The molecule has 1 aromatic rings. The highest BCUT2D eigenvalue weighted by Crippen LogP contribution is 2.32. The summed E-state index contributed by atoms with van der Waals surface area (Å²) in [5.41, 5.74) is 7.82. The maximum Gasteiger partial charge on any atom is 0.315 e. The van der Waals surface area contributed by atoms with Crippen LogP contribution in [0.15, 0.2) is 18.3 Å². The molecule has 0 fully saturated rings. The Kier molecular flexibility index (Phi) is 3.84. The number of hydrogen-bond donors (Lipinski definition) is 1. The van der Waals surface area contributed by atoms with Crippen molar-refractivity contribution in [3.05, 3.63) is 29.6 Å². The van der Waals surface area contributed by atoms with Crippen LogP contribution in [0.3, 0.4) is 0 Å². The minimum atomic E-state index is -0.341. The van der Waals surface area contributed by atoms with E-state index in [9.17, 15) is 4.79 Å². The number of aryl methyl sites for hydroxylation is 1. The zero-order valence-corrected chi connectivity index (χ0v) is 11.1. The molecule has 4 heteroatoms. The Balaban J connectivity index is 2.29. The molecule has 0 aliphatic heterocycles. The van der Waals surface area contributed by atoms with Crippen molar-refractivity contribution in [2.24, 2.45) is 11.7 Å². The lowest BCUT2D eigenvalue weighted by Crippen LogP contribution is -2.42. The van der Waals surface area contributed by atoms with Gasteiger partial charge in [0.25, 0.3) is 0 Å². The molecule has 1 aliphatic rings. The molecule has 1 heterocycles. The van der Waals surface area contributed by atoms with Gasteiger partial charge < -0.3 is 10.6 Å². The Hall–Kier alpha value is -1.58. The van der Waals surface area contributed by atoms with Gasteiger partial charge in [-0.2, -0.15) is 0 Å². The van der Waals surface area contributed by atoms with E-state index in [0.717, 1.165) is 25.0 Å². The molecule has 0 unspecified atom stereocenters. The van der Waals surface area contributed by atoms with Gasteiger partial charge in [0, 0.05) is 12.7 Å². The predicted octanol–water partition coefficient (Wildman–Crippen LogP) is 2.50. The number of nitrogens with zero attached hydrogens (tertiary/aromatic N) is 2. The van der Waals surface area contributed by atoms with Gasteiger partial charge in [0.1, 0.15) is 0 Å². The molecule has 0 radical (unpaired) electrons. The van der Waals surface area contributed by atoms with Crippen LogP contribution < -0.4 is 5.73 Å². The van der Waals surface area contributed by atoms with Crippen LogP contribution in [0.2, 0.25) is 0 Å². The third-order valence-electron chi connectivity index (χ3n) is 3.39. The highest BCUT2D eigenvalue weighted by atomic mass is 16.2. The minimum Gasteiger partial charge on any atom is -0.351 e. The lowest BCUT2D eigenvalue weighted by molar-refractivity contribution is 0.164. The number of pyridine rings is 1. The van der Waals surface area contributed by atoms with Crippen LogP contribution in [0.1, 0.15) is 44.0 Å². The molecule has 98 valence electrons. The summed E-state index contributed by atoms with van der Waals surface area (Å²) in [5, 5.41) is 0. The molecular formula is C14H21N3O. The number of carbonyl (C=O) groups excluding carboxylic acids is 1. The number of amides is 2. The van der Waals surface area contributed by atoms with Crippen LogP contribution in [-0.4, -0.2) is 22.5 Å². The number of nitrogens with two attached hydrogens (primary N) is 1. The van der Waals surface area contributed by atoms with Gasteiger partial charge in [0.05, 0.1) is 11.7 Å². The van der Waals surface area contributed by atoms with Crippen LogP contribution in [0.4, 0.5) is 4.79 Å². The van der Waals surface area contributed by atoms with Gasteiger partial charge in [-0.05, 0) is 36.8 Å². The largest absolute Gasteiger partial charge is 0.351 e. The first-order valence-electron chi connectivity index (χ1n) is 6.59. The summed E-state index contributed by atoms with van der Waals surface area (Å²) < 4.78 is 0. The predicted molar refractivity (Wildman–Crippen MR) is 71.0 cm³/mol. The second-order valence-corrected chi connectivity index (χ2v) is 5.34. The van der Waals surface area contributed by atoms with E-state index in [1.54, 1.807) is 11.1 Å². The van der Waals surface area contributed by atoms with Crippen LogP contribution in [0.5, 0.6) is 0 Å². The first kappa shape index (κ1) is 12.9. The fourth-order valence-electron chi connectivity index (χ4n) is 2.65. The molecule has 4 nitrogen and oxygen atoms in total. The van der Waals surface area contributed by atoms with E-state index in [1.165, 1.54) is 5.56 Å². The SMILES string of the molecule is CC(C)CN(C(N)=O)[C@@H]1CCCc2cccnc21. The normalized spacial score (nSPS) is 18.5. The van der Waals surface area contributed by atoms with E-state index >= 15 is 0 Å². The van der Waals surface area contributed by atoms with Crippen LogP contribution in [-0.2, 0) is 6.42 Å². The summed E-state index contributed by atoms with van der Waals surface area (Å²) in [7, 11) is 0. The van der Waals surface area contributed by atoms with Gasteiger partial charge in [-0.3, -0.25) is 4.98 Å². The molecule has 1 atom stereocenters. The van der Waals surface area contributed by atoms with Crippen molar-refractivity contribution in [3.8, 4) is 0 Å². The molecule has 2 rings (SSSR count). The zero-order chi connectivity index (χ0) is 13.1. The molecule has 0 bridgehead atoms. The maximum atomic E-state index is 11.7. The van der Waals surface area contributed by atoms with Crippen molar-refractivity contribution in [3.63, 3.8) is 0 Å². The summed E-state index contributed by atoms with van der Waals surface area (Å²) in [5.74, 6) is 0.409. The maximum absolute atomic E-state index is 11.7. The molecule has 2 amide bonds. The first-order valence-corrected chi connectivity index (χ1v) is 6.59. The number of rotatable bonds is 3. The Morgan fingerprint density at radius 2 is 2.39 bits per heavy atom. The molecule has 18 heavy (non-hydrogen) atoms. The van der Waals surface area contributed by atoms with E-state index in [2.05, 4.69) is 24.9 Å². The second kappa shape index (κ2) is 5.38. The number of aromatic nitrogens is 1. The van der Waals surface area contributed by atoms with Gasteiger partial charge in [0.2, 0.25) is 0 Å². The Labute approximate surface area is 108 Å². The number of fused-ring (bicyclic) bond motifs is 1. The van der Waals surface area contributed by atoms with Crippen molar-refractivity contribution >= 4 is 6.03 Å². The van der Waals surface area contributed by atoms with Gasteiger partial charge >= 0.3 is 6.03 Å². The average Bonchev–Trinajstić information content (AvgIpc) is 2.35. The molecule has 1 aromatic heterocycles. The Bertz CT molecular complexity index is 431. The Morgan fingerprint density at radius 1 is 1.61 bits per heavy atom. The third-order valence-corrected chi connectivity index (χ3v) is 3.39. The van der Waals surface area contributed by atoms with Gasteiger partial charge in [0.15, 0.2) is 0 Å². The molecule has 2 N–H and O–H groups in total. The van der Waals surface area contributed by atoms with Gasteiger partial charge in [-0.1, -0.05) is 19.9 Å². The van der Waals surface area contributed by atoms with Crippen molar-refractivity contribution < 1.29 is 4.79 Å². The van der Waals surface area contributed by atoms with Crippen molar-refractivity contribution in [2.45, 2.75) is 39.2 Å². The molecule has 0 aromatic carbocycles. The third kappa shape index (κ3) is 2.63. The summed E-state index contributed by atoms with van der Waals surface area (Å²) in [4.78, 5) is 17.9. The monoisotopic (exact) mass is 247 g/mol.